The fraction of sp³-hybridized carbons (Fsp3) is 0.333. The van der Waals surface area contributed by atoms with Crippen molar-refractivity contribution in [2.24, 2.45) is 0 Å². The molecule has 0 saturated heterocycles. The third-order valence-corrected chi connectivity index (χ3v) is 5.66. The molecule has 0 spiro atoms. The van der Waals surface area contributed by atoms with E-state index < -0.39 is 0 Å². The van der Waals surface area contributed by atoms with Crippen molar-refractivity contribution in [1.29, 1.82) is 0 Å². The molecule has 5 heteroatoms. The zero-order valence-corrected chi connectivity index (χ0v) is 15.9. The van der Waals surface area contributed by atoms with Crippen LogP contribution in [-0.2, 0) is 17.6 Å². The van der Waals surface area contributed by atoms with Crippen molar-refractivity contribution in [3.05, 3.63) is 58.8 Å². The summed E-state index contributed by atoms with van der Waals surface area (Å²) in [5.41, 5.74) is 4.34. The Hall–Kier alpha value is -2.40. The van der Waals surface area contributed by atoms with E-state index in [1.807, 2.05) is 22.4 Å². The summed E-state index contributed by atoms with van der Waals surface area (Å²) in [7, 11) is 0. The first-order chi connectivity index (χ1) is 12.6. The largest absolute Gasteiger partial charge is 0.444 e. The van der Waals surface area contributed by atoms with Crippen molar-refractivity contribution in [3.8, 4) is 10.8 Å². The van der Waals surface area contributed by atoms with Gasteiger partial charge in [-0.3, -0.25) is 4.79 Å². The number of hydrogen-bond acceptors (Lipinski definition) is 4. The summed E-state index contributed by atoms with van der Waals surface area (Å²) < 4.78 is 5.54. The third kappa shape index (κ3) is 3.31. The molecule has 1 aromatic carbocycles. The van der Waals surface area contributed by atoms with Crippen molar-refractivity contribution in [3.63, 3.8) is 0 Å². The molecular weight excluding hydrogens is 344 g/mol. The molecule has 0 atom stereocenters. The van der Waals surface area contributed by atoms with Crippen LogP contribution in [0.25, 0.3) is 10.8 Å². The zero-order chi connectivity index (χ0) is 18.1. The van der Waals surface area contributed by atoms with Gasteiger partial charge in [-0.15, -0.1) is 11.3 Å². The van der Waals surface area contributed by atoms with E-state index in [9.17, 15) is 4.79 Å². The van der Waals surface area contributed by atoms with Crippen LogP contribution in [0.15, 0.2) is 46.4 Å². The van der Waals surface area contributed by atoms with Gasteiger partial charge < -0.3 is 9.32 Å². The molecule has 3 aromatic rings. The van der Waals surface area contributed by atoms with E-state index in [0.29, 0.717) is 17.5 Å². The standard InChI is InChI=1S/C21H22N2O2S/c1-14(2)15-7-8-18-16(11-15)5-3-9-23(18)20(24)12-17-13-25-21(22-17)19-6-4-10-26-19/h4,6-8,10-11,13-14H,3,5,9,12H2,1-2H3. The van der Waals surface area contributed by atoms with Crippen LogP contribution in [0.5, 0.6) is 0 Å². The topological polar surface area (TPSA) is 46.3 Å². The van der Waals surface area contributed by atoms with E-state index in [2.05, 4.69) is 37.0 Å². The lowest BCUT2D eigenvalue weighted by atomic mass is 9.94. The third-order valence-electron chi connectivity index (χ3n) is 4.81. The molecule has 0 bridgehead atoms. The molecule has 4 rings (SSSR count). The molecular formula is C21H22N2O2S. The highest BCUT2D eigenvalue weighted by molar-refractivity contribution is 7.13. The Morgan fingerprint density at radius 1 is 1.35 bits per heavy atom. The fourth-order valence-corrected chi connectivity index (χ4v) is 4.04. The van der Waals surface area contributed by atoms with Gasteiger partial charge in [-0.1, -0.05) is 32.0 Å². The highest BCUT2D eigenvalue weighted by atomic mass is 32.1. The number of aromatic nitrogens is 1. The number of thiophene rings is 1. The molecule has 4 nitrogen and oxygen atoms in total. The summed E-state index contributed by atoms with van der Waals surface area (Å²) in [5, 5.41) is 1.99. The van der Waals surface area contributed by atoms with E-state index in [-0.39, 0.29) is 12.3 Å². The SMILES string of the molecule is CC(C)c1ccc2c(c1)CCCN2C(=O)Cc1coc(-c2cccs2)n1. The second kappa shape index (κ2) is 7.08. The molecule has 134 valence electrons. The number of benzene rings is 1. The lowest BCUT2D eigenvalue weighted by Gasteiger charge is -2.30. The van der Waals surface area contributed by atoms with E-state index >= 15 is 0 Å². The first-order valence-electron chi connectivity index (χ1n) is 9.03. The molecule has 0 saturated carbocycles. The first kappa shape index (κ1) is 17.0. The number of amides is 1. The zero-order valence-electron chi connectivity index (χ0n) is 15.1. The number of nitrogens with zero attached hydrogens (tertiary/aromatic N) is 2. The van der Waals surface area contributed by atoms with E-state index in [4.69, 9.17) is 4.42 Å². The highest BCUT2D eigenvalue weighted by Gasteiger charge is 2.24. The van der Waals surface area contributed by atoms with Gasteiger partial charge in [0.2, 0.25) is 11.8 Å². The fourth-order valence-electron chi connectivity index (χ4n) is 3.39. The van der Waals surface area contributed by atoms with Crippen molar-refractivity contribution in [2.45, 2.75) is 39.0 Å². The summed E-state index contributed by atoms with van der Waals surface area (Å²) in [6.07, 6.45) is 3.89. The number of rotatable bonds is 4. The van der Waals surface area contributed by atoms with Crippen LogP contribution >= 0.6 is 11.3 Å². The summed E-state index contributed by atoms with van der Waals surface area (Å²) in [6, 6.07) is 10.4. The van der Waals surface area contributed by atoms with Crippen LogP contribution in [-0.4, -0.2) is 17.4 Å². The smallest absolute Gasteiger partial charge is 0.236 e. The lowest BCUT2D eigenvalue weighted by molar-refractivity contribution is -0.118. The monoisotopic (exact) mass is 366 g/mol. The number of carbonyl (C=O) groups excluding carboxylic acids is 1. The van der Waals surface area contributed by atoms with Gasteiger partial charge in [-0.05, 0) is 47.4 Å². The second-order valence-corrected chi connectivity index (χ2v) is 7.94. The van der Waals surface area contributed by atoms with Crippen molar-refractivity contribution in [1.82, 2.24) is 4.98 Å². The molecule has 0 aliphatic carbocycles. The van der Waals surface area contributed by atoms with Crippen molar-refractivity contribution >= 4 is 22.9 Å². The summed E-state index contributed by atoms with van der Waals surface area (Å²) in [4.78, 5) is 20.3. The summed E-state index contributed by atoms with van der Waals surface area (Å²) in [5.74, 6) is 1.16. The highest BCUT2D eigenvalue weighted by Crippen LogP contribution is 2.31. The lowest BCUT2D eigenvalue weighted by Crippen LogP contribution is -2.36. The van der Waals surface area contributed by atoms with Crippen LogP contribution in [0.4, 0.5) is 5.69 Å². The summed E-state index contributed by atoms with van der Waals surface area (Å²) in [6.45, 7) is 5.16. The minimum Gasteiger partial charge on any atom is -0.444 e. The number of oxazole rings is 1. The van der Waals surface area contributed by atoms with Gasteiger partial charge in [0.05, 0.1) is 17.0 Å². The average molecular weight is 366 g/mol. The Balaban J connectivity index is 1.53. The Bertz CT molecular complexity index is 912. The molecule has 0 fully saturated rings. The molecule has 1 aliphatic rings. The van der Waals surface area contributed by atoms with Crippen LogP contribution in [0.1, 0.15) is 43.0 Å². The normalized spacial score (nSPS) is 13.9. The molecule has 1 amide bonds. The molecule has 0 N–H and O–H groups in total. The maximum absolute atomic E-state index is 12.9. The maximum atomic E-state index is 12.9. The minimum atomic E-state index is 0.0780. The Kier molecular flexibility index (Phi) is 4.64. The number of carbonyl (C=O) groups is 1. The molecule has 26 heavy (non-hydrogen) atoms. The number of aryl methyl sites for hydroxylation is 1. The maximum Gasteiger partial charge on any atom is 0.236 e. The van der Waals surface area contributed by atoms with Gasteiger partial charge in [-0.2, -0.15) is 0 Å². The van der Waals surface area contributed by atoms with E-state index in [0.717, 1.165) is 30.0 Å². The van der Waals surface area contributed by atoms with E-state index in [1.165, 1.54) is 11.1 Å². The molecule has 1 aliphatic heterocycles. The molecule has 0 unspecified atom stereocenters. The van der Waals surface area contributed by atoms with Crippen molar-refractivity contribution in [2.75, 3.05) is 11.4 Å². The van der Waals surface area contributed by atoms with Gasteiger partial charge in [0.1, 0.15) is 6.26 Å². The number of anilines is 1. The van der Waals surface area contributed by atoms with Crippen LogP contribution < -0.4 is 4.90 Å². The summed E-state index contributed by atoms with van der Waals surface area (Å²) >= 11 is 1.58. The van der Waals surface area contributed by atoms with Crippen LogP contribution in [0.3, 0.4) is 0 Å². The van der Waals surface area contributed by atoms with Gasteiger partial charge in [0.25, 0.3) is 0 Å². The predicted molar refractivity (Wildman–Crippen MR) is 105 cm³/mol. The van der Waals surface area contributed by atoms with Crippen LogP contribution in [0, 0.1) is 0 Å². The number of hydrogen-bond donors (Lipinski definition) is 0. The van der Waals surface area contributed by atoms with E-state index in [1.54, 1.807) is 17.6 Å². The van der Waals surface area contributed by atoms with Gasteiger partial charge in [0, 0.05) is 12.2 Å². The minimum absolute atomic E-state index is 0.0780. The van der Waals surface area contributed by atoms with Gasteiger partial charge >= 0.3 is 0 Å². The Morgan fingerprint density at radius 3 is 3.00 bits per heavy atom. The van der Waals surface area contributed by atoms with Gasteiger partial charge in [0.15, 0.2) is 0 Å². The Morgan fingerprint density at radius 2 is 2.23 bits per heavy atom. The molecule has 2 aromatic heterocycles. The predicted octanol–water partition coefficient (Wildman–Crippen LogP) is 5.05. The van der Waals surface area contributed by atoms with Crippen molar-refractivity contribution < 1.29 is 9.21 Å². The van der Waals surface area contributed by atoms with Gasteiger partial charge in [-0.25, -0.2) is 4.98 Å². The molecule has 3 heterocycles. The Labute approximate surface area is 157 Å². The average Bonchev–Trinajstić information content (AvgIpc) is 3.32. The first-order valence-corrected chi connectivity index (χ1v) is 9.91. The van der Waals surface area contributed by atoms with Crippen LogP contribution in [0.2, 0.25) is 0 Å². The second-order valence-electron chi connectivity index (χ2n) is 6.99. The number of fused-ring (bicyclic) bond motifs is 1. The quantitative estimate of drug-likeness (QED) is 0.649. The molecule has 0 radical (unpaired) electrons.